The predicted molar refractivity (Wildman–Crippen MR) is 59.4 cm³/mol. The molecule has 1 unspecified atom stereocenters. The molecule has 86 valence electrons. The van der Waals surface area contributed by atoms with Gasteiger partial charge in [0.05, 0.1) is 6.42 Å². The largest absolute Gasteiger partial charge is 0.481 e. The summed E-state index contributed by atoms with van der Waals surface area (Å²) in [6.07, 6.45) is -0.127. The van der Waals surface area contributed by atoms with Gasteiger partial charge in [-0.3, -0.25) is 4.79 Å². The molecule has 1 aliphatic heterocycles. The number of hydrogen-bond donors (Lipinski definition) is 2. The molecule has 6 heteroatoms. The van der Waals surface area contributed by atoms with E-state index >= 15 is 0 Å². The second kappa shape index (κ2) is 4.31. The Hall–Kier alpha value is -1.27. The number of halogens is 1. The standard InChI is InChI=1S/C10H10BrNO4/c11-6-2-9-8(15-4-16-9)1-5(6)7(12)3-10(13)14/h1-2,7H,3-4,12H2,(H,13,14). The number of hydrogen-bond acceptors (Lipinski definition) is 4. The molecular weight excluding hydrogens is 278 g/mol. The Kier molecular flexibility index (Phi) is 3.02. The lowest BCUT2D eigenvalue weighted by atomic mass is 10.0. The molecule has 0 aromatic heterocycles. The summed E-state index contributed by atoms with van der Waals surface area (Å²) in [6, 6.07) is 2.88. The van der Waals surface area contributed by atoms with E-state index in [1.807, 2.05) is 0 Å². The highest BCUT2D eigenvalue weighted by atomic mass is 79.9. The molecule has 0 fully saturated rings. The number of aliphatic carboxylic acids is 1. The second-order valence-corrected chi connectivity index (χ2v) is 4.29. The Bertz CT molecular complexity index is 435. The summed E-state index contributed by atoms with van der Waals surface area (Å²) in [6.45, 7) is 0.180. The fraction of sp³-hybridized carbons (Fsp3) is 0.300. The minimum Gasteiger partial charge on any atom is -0.481 e. The van der Waals surface area contributed by atoms with Crippen LogP contribution in [0.3, 0.4) is 0 Å². The smallest absolute Gasteiger partial charge is 0.305 e. The van der Waals surface area contributed by atoms with Gasteiger partial charge in [0.1, 0.15) is 0 Å². The fourth-order valence-electron chi connectivity index (χ4n) is 1.52. The highest BCUT2D eigenvalue weighted by molar-refractivity contribution is 9.10. The molecule has 0 saturated heterocycles. The van der Waals surface area contributed by atoms with Gasteiger partial charge in [-0.05, 0) is 17.7 Å². The van der Waals surface area contributed by atoms with Crippen LogP contribution in [-0.2, 0) is 4.79 Å². The Morgan fingerprint density at radius 1 is 1.50 bits per heavy atom. The van der Waals surface area contributed by atoms with Crippen molar-refractivity contribution in [2.24, 2.45) is 5.73 Å². The minimum absolute atomic E-state index is 0.127. The maximum Gasteiger partial charge on any atom is 0.305 e. The summed E-state index contributed by atoms with van der Waals surface area (Å²) in [4.78, 5) is 10.6. The Labute approximate surface area is 100 Å². The highest BCUT2D eigenvalue weighted by Crippen LogP contribution is 2.39. The van der Waals surface area contributed by atoms with E-state index in [0.29, 0.717) is 17.1 Å². The van der Waals surface area contributed by atoms with E-state index in [0.717, 1.165) is 4.47 Å². The van der Waals surface area contributed by atoms with Crippen molar-refractivity contribution in [2.45, 2.75) is 12.5 Å². The Morgan fingerprint density at radius 3 is 2.75 bits per heavy atom. The third-order valence-corrected chi connectivity index (χ3v) is 2.97. The number of nitrogens with two attached hydrogens (primary N) is 1. The Morgan fingerprint density at radius 2 is 2.12 bits per heavy atom. The van der Waals surface area contributed by atoms with Crippen LogP contribution < -0.4 is 15.2 Å². The first-order valence-electron chi connectivity index (χ1n) is 4.64. The van der Waals surface area contributed by atoms with Crippen LogP contribution in [0.25, 0.3) is 0 Å². The minimum atomic E-state index is -0.933. The Balaban J connectivity index is 2.30. The number of fused-ring (bicyclic) bond motifs is 1. The topological polar surface area (TPSA) is 81.8 Å². The average Bonchev–Trinajstić information content (AvgIpc) is 2.61. The lowest BCUT2D eigenvalue weighted by Gasteiger charge is -2.12. The van der Waals surface area contributed by atoms with Crippen molar-refractivity contribution in [3.05, 3.63) is 22.2 Å². The normalized spacial score (nSPS) is 14.9. The number of carboxylic acids is 1. The molecule has 0 bridgehead atoms. The average molecular weight is 288 g/mol. The summed E-state index contributed by atoms with van der Waals surface area (Å²) < 4.78 is 11.1. The molecule has 0 amide bonds. The molecule has 0 spiro atoms. The quantitative estimate of drug-likeness (QED) is 0.883. The number of rotatable bonds is 3. The van der Waals surface area contributed by atoms with Crippen molar-refractivity contribution < 1.29 is 19.4 Å². The van der Waals surface area contributed by atoms with Crippen LogP contribution in [-0.4, -0.2) is 17.9 Å². The number of ether oxygens (including phenoxy) is 2. The maximum absolute atomic E-state index is 10.6. The molecule has 1 atom stereocenters. The van der Waals surface area contributed by atoms with Crippen LogP contribution in [0.4, 0.5) is 0 Å². The van der Waals surface area contributed by atoms with E-state index < -0.39 is 12.0 Å². The lowest BCUT2D eigenvalue weighted by molar-refractivity contribution is -0.137. The van der Waals surface area contributed by atoms with Crippen LogP contribution in [0.1, 0.15) is 18.0 Å². The summed E-state index contributed by atoms with van der Waals surface area (Å²) >= 11 is 3.33. The molecule has 0 saturated carbocycles. The van der Waals surface area contributed by atoms with Gasteiger partial charge in [0.25, 0.3) is 0 Å². The van der Waals surface area contributed by atoms with Crippen LogP contribution in [0.15, 0.2) is 16.6 Å². The van der Waals surface area contributed by atoms with Crippen molar-refractivity contribution in [1.29, 1.82) is 0 Å². The molecule has 1 aromatic carbocycles. The molecular formula is C10H10BrNO4. The molecule has 2 rings (SSSR count). The van der Waals surface area contributed by atoms with Crippen molar-refractivity contribution >= 4 is 21.9 Å². The van der Waals surface area contributed by atoms with Gasteiger partial charge in [-0.2, -0.15) is 0 Å². The summed E-state index contributed by atoms with van der Waals surface area (Å²) in [5.74, 6) is 0.300. The highest BCUT2D eigenvalue weighted by Gasteiger charge is 2.20. The molecule has 0 aliphatic carbocycles. The van der Waals surface area contributed by atoms with Gasteiger partial charge in [-0.25, -0.2) is 0 Å². The van der Waals surface area contributed by atoms with Crippen LogP contribution in [0.2, 0.25) is 0 Å². The number of carboxylic acid groups (broad SMARTS) is 1. The zero-order valence-electron chi connectivity index (χ0n) is 8.27. The molecule has 3 N–H and O–H groups in total. The summed E-state index contributed by atoms with van der Waals surface area (Å²) in [5, 5.41) is 8.68. The van der Waals surface area contributed by atoms with E-state index in [1.54, 1.807) is 12.1 Å². The van der Waals surface area contributed by atoms with Gasteiger partial charge in [0.15, 0.2) is 11.5 Å². The fourth-order valence-corrected chi connectivity index (χ4v) is 2.13. The van der Waals surface area contributed by atoms with Gasteiger partial charge in [-0.15, -0.1) is 0 Å². The third kappa shape index (κ3) is 2.12. The van der Waals surface area contributed by atoms with Crippen LogP contribution in [0, 0.1) is 0 Å². The van der Waals surface area contributed by atoms with Crippen molar-refractivity contribution in [3.8, 4) is 11.5 Å². The maximum atomic E-state index is 10.6. The molecule has 0 radical (unpaired) electrons. The summed E-state index contributed by atoms with van der Waals surface area (Å²) in [7, 11) is 0. The van der Waals surface area contributed by atoms with Crippen molar-refractivity contribution in [2.75, 3.05) is 6.79 Å². The molecule has 1 heterocycles. The van der Waals surface area contributed by atoms with Gasteiger partial charge in [0, 0.05) is 10.5 Å². The monoisotopic (exact) mass is 287 g/mol. The first-order chi connectivity index (χ1) is 7.58. The van der Waals surface area contributed by atoms with E-state index in [1.165, 1.54) is 0 Å². The zero-order valence-corrected chi connectivity index (χ0v) is 9.86. The zero-order chi connectivity index (χ0) is 11.7. The molecule has 1 aromatic rings. The SMILES string of the molecule is NC(CC(=O)O)c1cc2c(cc1Br)OCO2. The second-order valence-electron chi connectivity index (χ2n) is 3.43. The first kappa shape index (κ1) is 11.2. The number of benzene rings is 1. The van der Waals surface area contributed by atoms with E-state index in [4.69, 9.17) is 20.3 Å². The van der Waals surface area contributed by atoms with Gasteiger partial charge >= 0.3 is 5.97 Å². The van der Waals surface area contributed by atoms with Crippen LogP contribution >= 0.6 is 15.9 Å². The van der Waals surface area contributed by atoms with Gasteiger partial charge in [0.2, 0.25) is 6.79 Å². The van der Waals surface area contributed by atoms with E-state index in [2.05, 4.69) is 15.9 Å². The molecule has 16 heavy (non-hydrogen) atoms. The third-order valence-electron chi connectivity index (χ3n) is 2.29. The molecule has 5 nitrogen and oxygen atoms in total. The lowest BCUT2D eigenvalue weighted by Crippen LogP contribution is -2.15. The number of carbonyl (C=O) groups is 1. The van der Waals surface area contributed by atoms with Crippen molar-refractivity contribution in [1.82, 2.24) is 0 Å². The van der Waals surface area contributed by atoms with Crippen LogP contribution in [0.5, 0.6) is 11.5 Å². The first-order valence-corrected chi connectivity index (χ1v) is 5.43. The summed E-state index contributed by atoms with van der Waals surface area (Å²) in [5.41, 5.74) is 6.48. The van der Waals surface area contributed by atoms with E-state index in [9.17, 15) is 4.79 Å². The van der Waals surface area contributed by atoms with Gasteiger partial charge < -0.3 is 20.3 Å². The van der Waals surface area contributed by atoms with E-state index in [-0.39, 0.29) is 13.2 Å². The van der Waals surface area contributed by atoms with Crippen molar-refractivity contribution in [3.63, 3.8) is 0 Å². The molecule has 1 aliphatic rings. The van der Waals surface area contributed by atoms with Gasteiger partial charge in [-0.1, -0.05) is 15.9 Å². The predicted octanol–water partition coefficient (Wildman–Crippen LogP) is 1.65.